The van der Waals surface area contributed by atoms with Gasteiger partial charge < -0.3 is 10.6 Å². The average Bonchev–Trinajstić information content (AvgIpc) is 2.46. The Morgan fingerprint density at radius 3 is 2.67 bits per heavy atom. The van der Waals surface area contributed by atoms with Gasteiger partial charge in [0.05, 0.1) is 6.04 Å². The Balaban J connectivity index is 2.31. The summed E-state index contributed by atoms with van der Waals surface area (Å²) < 4.78 is 0. The van der Waals surface area contributed by atoms with Crippen LogP contribution in [0.3, 0.4) is 0 Å². The predicted molar refractivity (Wildman–Crippen MR) is 88.7 cm³/mol. The van der Waals surface area contributed by atoms with E-state index in [1.807, 2.05) is 31.3 Å². The van der Waals surface area contributed by atoms with E-state index in [0.717, 1.165) is 35.1 Å². The molecule has 0 radical (unpaired) electrons. The monoisotopic (exact) mass is 304 g/mol. The summed E-state index contributed by atoms with van der Waals surface area (Å²) in [6.07, 6.45) is 1.82. The molecule has 1 heterocycles. The topological polar surface area (TPSA) is 55.0 Å². The maximum absolute atomic E-state index is 6.28. The maximum atomic E-state index is 6.28. The fourth-order valence-corrected chi connectivity index (χ4v) is 2.53. The maximum Gasteiger partial charge on any atom is 0.134 e. The second kappa shape index (κ2) is 6.76. The molecule has 2 N–H and O–H groups in total. The summed E-state index contributed by atoms with van der Waals surface area (Å²) in [5.41, 5.74) is 6.96. The molecule has 4 nitrogen and oxygen atoms in total. The van der Waals surface area contributed by atoms with Gasteiger partial charge >= 0.3 is 0 Å². The molecular formula is C16H21ClN4. The van der Waals surface area contributed by atoms with Crippen LogP contribution in [0, 0.1) is 0 Å². The fraction of sp³-hybridized carbons (Fsp3) is 0.375. The summed E-state index contributed by atoms with van der Waals surface area (Å²) >= 11 is 6.28. The Bertz CT molecular complexity index is 615. The van der Waals surface area contributed by atoms with Gasteiger partial charge in [-0.15, -0.1) is 0 Å². The summed E-state index contributed by atoms with van der Waals surface area (Å²) in [5.74, 6) is 2.10. The van der Waals surface area contributed by atoms with E-state index in [-0.39, 0.29) is 6.04 Å². The predicted octanol–water partition coefficient (Wildman–Crippen LogP) is 3.86. The summed E-state index contributed by atoms with van der Waals surface area (Å²) in [4.78, 5) is 10.9. The van der Waals surface area contributed by atoms with Gasteiger partial charge in [0.1, 0.15) is 17.5 Å². The number of hydrogen-bond donors (Lipinski definition) is 1. The lowest BCUT2D eigenvalue weighted by Gasteiger charge is -2.27. The number of benzene rings is 1. The summed E-state index contributed by atoms with van der Waals surface area (Å²) in [6.45, 7) is 4.20. The molecule has 112 valence electrons. The van der Waals surface area contributed by atoms with E-state index in [1.165, 1.54) is 0 Å². The Labute approximate surface area is 131 Å². The van der Waals surface area contributed by atoms with Gasteiger partial charge in [0.15, 0.2) is 0 Å². The van der Waals surface area contributed by atoms with Crippen molar-refractivity contribution < 1.29 is 0 Å². The van der Waals surface area contributed by atoms with Crippen LogP contribution in [0.25, 0.3) is 0 Å². The first-order valence-corrected chi connectivity index (χ1v) is 7.51. The smallest absolute Gasteiger partial charge is 0.134 e. The van der Waals surface area contributed by atoms with Crippen LogP contribution >= 0.6 is 11.6 Å². The molecule has 0 aliphatic heterocycles. The summed E-state index contributed by atoms with van der Waals surface area (Å²) in [6, 6.07) is 9.75. The number of rotatable bonds is 5. The van der Waals surface area contributed by atoms with E-state index in [4.69, 9.17) is 17.3 Å². The molecule has 0 amide bonds. The Kier molecular flexibility index (Phi) is 5.02. The van der Waals surface area contributed by atoms with E-state index in [0.29, 0.717) is 5.82 Å². The molecule has 0 aliphatic rings. The highest BCUT2D eigenvalue weighted by Gasteiger charge is 2.17. The third kappa shape index (κ3) is 3.64. The van der Waals surface area contributed by atoms with Crippen molar-refractivity contribution in [3.63, 3.8) is 0 Å². The van der Waals surface area contributed by atoms with E-state index < -0.39 is 0 Å². The Morgan fingerprint density at radius 1 is 1.29 bits per heavy atom. The lowest BCUT2D eigenvalue weighted by atomic mass is 10.1. The zero-order chi connectivity index (χ0) is 15.4. The van der Waals surface area contributed by atoms with Crippen LogP contribution in [-0.4, -0.2) is 17.0 Å². The molecule has 1 atom stereocenters. The first kappa shape index (κ1) is 15.6. The number of halogens is 1. The molecule has 5 heteroatoms. The third-order valence-corrected chi connectivity index (χ3v) is 3.89. The van der Waals surface area contributed by atoms with Crippen LogP contribution < -0.4 is 10.6 Å². The normalized spacial score (nSPS) is 12.2. The Morgan fingerprint density at radius 2 is 2.00 bits per heavy atom. The van der Waals surface area contributed by atoms with Crippen molar-refractivity contribution in [1.82, 2.24) is 9.97 Å². The number of hydrogen-bond acceptors (Lipinski definition) is 4. The lowest BCUT2D eigenvalue weighted by molar-refractivity contribution is 0.719. The number of anilines is 2. The van der Waals surface area contributed by atoms with E-state index >= 15 is 0 Å². The van der Waals surface area contributed by atoms with Gasteiger partial charge in [-0.2, -0.15) is 0 Å². The van der Waals surface area contributed by atoms with Gasteiger partial charge in [-0.05, 0) is 25.0 Å². The fourth-order valence-electron chi connectivity index (χ4n) is 2.24. The standard InChI is InChI=1S/C16H21ClN4/c1-4-7-15-19-14(18)10-16(20-15)21(3)11(2)12-8-5-6-9-13(12)17/h5-6,8-11H,4,7H2,1-3H3,(H2,18,19,20). The highest BCUT2D eigenvalue weighted by molar-refractivity contribution is 6.31. The molecule has 0 spiro atoms. The van der Waals surface area contributed by atoms with Crippen molar-refractivity contribution >= 4 is 23.2 Å². The van der Waals surface area contributed by atoms with Crippen LogP contribution in [0.2, 0.25) is 5.02 Å². The molecule has 0 aliphatic carbocycles. The lowest BCUT2D eigenvalue weighted by Crippen LogP contribution is -2.23. The molecule has 1 aromatic carbocycles. The molecule has 0 saturated carbocycles. The van der Waals surface area contributed by atoms with Crippen molar-refractivity contribution in [2.24, 2.45) is 0 Å². The zero-order valence-corrected chi connectivity index (χ0v) is 13.4. The van der Waals surface area contributed by atoms with Crippen molar-refractivity contribution in [3.05, 3.63) is 46.7 Å². The van der Waals surface area contributed by atoms with Gasteiger partial charge in [-0.1, -0.05) is 36.7 Å². The first-order chi connectivity index (χ1) is 10.0. The minimum absolute atomic E-state index is 0.0995. The van der Waals surface area contributed by atoms with Crippen molar-refractivity contribution in [3.8, 4) is 0 Å². The third-order valence-electron chi connectivity index (χ3n) is 3.55. The van der Waals surface area contributed by atoms with Crippen molar-refractivity contribution in [2.45, 2.75) is 32.7 Å². The summed E-state index contributed by atoms with van der Waals surface area (Å²) in [5, 5.41) is 0.757. The quantitative estimate of drug-likeness (QED) is 0.911. The molecule has 1 unspecified atom stereocenters. The average molecular weight is 305 g/mol. The molecule has 21 heavy (non-hydrogen) atoms. The Hall–Kier alpha value is -1.81. The first-order valence-electron chi connectivity index (χ1n) is 7.13. The summed E-state index contributed by atoms with van der Waals surface area (Å²) in [7, 11) is 1.99. The van der Waals surface area contributed by atoms with Crippen LogP contribution in [0.1, 0.15) is 37.7 Å². The second-order valence-corrected chi connectivity index (χ2v) is 5.53. The van der Waals surface area contributed by atoms with Gasteiger partial charge in [-0.25, -0.2) is 9.97 Å². The molecular weight excluding hydrogens is 284 g/mol. The number of nitrogens with zero attached hydrogens (tertiary/aromatic N) is 3. The molecule has 2 aromatic rings. The molecule has 0 fully saturated rings. The van der Waals surface area contributed by atoms with Gasteiger partial charge in [0.25, 0.3) is 0 Å². The molecule has 1 aromatic heterocycles. The molecule has 2 rings (SSSR count). The van der Waals surface area contributed by atoms with Gasteiger partial charge in [-0.3, -0.25) is 0 Å². The SMILES string of the molecule is CCCc1nc(N)cc(N(C)C(C)c2ccccc2Cl)n1. The van der Waals surface area contributed by atoms with Crippen LogP contribution in [0.5, 0.6) is 0 Å². The number of aryl methyl sites for hydroxylation is 1. The van der Waals surface area contributed by atoms with E-state index in [1.54, 1.807) is 6.07 Å². The highest BCUT2D eigenvalue weighted by atomic mass is 35.5. The highest BCUT2D eigenvalue weighted by Crippen LogP contribution is 2.29. The van der Waals surface area contributed by atoms with E-state index in [2.05, 4.69) is 28.7 Å². The van der Waals surface area contributed by atoms with Crippen LogP contribution in [0.15, 0.2) is 30.3 Å². The number of nitrogens with two attached hydrogens (primary N) is 1. The minimum Gasteiger partial charge on any atom is -0.384 e. The minimum atomic E-state index is 0.0995. The van der Waals surface area contributed by atoms with Gasteiger partial charge in [0.2, 0.25) is 0 Å². The molecule has 0 saturated heterocycles. The van der Waals surface area contributed by atoms with Crippen LogP contribution in [-0.2, 0) is 6.42 Å². The van der Waals surface area contributed by atoms with Crippen molar-refractivity contribution in [1.29, 1.82) is 0 Å². The molecule has 0 bridgehead atoms. The van der Waals surface area contributed by atoms with E-state index in [9.17, 15) is 0 Å². The second-order valence-electron chi connectivity index (χ2n) is 5.13. The van der Waals surface area contributed by atoms with Gasteiger partial charge in [0, 0.05) is 24.6 Å². The number of aromatic nitrogens is 2. The largest absolute Gasteiger partial charge is 0.384 e. The van der Waals surface area contributed by atoms with Crippen LogP contribution in [0.4, 0.5) is 11.6 Å². The number of nitrogen functional groups attached to an aromatic ring is 1. The van der Waals surface area contributed by atoms with Crippen molar-refractivity contribution in [2.75, 3.05) is 17.7 Å². The zero-order valence-electron chi connectivity index (χ0n) is 12.7.